The Kier molecular flexibility index (Phi) is 4.33. The SMILES string of the molecule is COc1cccc(NC(=O)C2(c3cccc(F)c3)CCCC2)c1. The lowest BCUT2D eigenvalue weighted by molar-refractivity contribution is -0.121. The van der Waals surface area contributed by atoms with E-state index >= 15 is 0 Å². The van der Waals surface area contributed by atoms with Gasteiger partial charge in [-0.15, -0.1) is 0 Å². The number of halogens is 1. The van der Waals surface area contributed by atoms with Gasteiger partial charge in [-0.2, -0.15) is 0 Å². The Morgan fingerprint density at radius 2 is 1.87 bits per heavy atom. The number of ether oxygens (including phenoxy) is 1. The number of benzene rings is 2. The topological polar surface area (TPSA) is 38.3 Å². The largest absolute Gasteiger partial charge is 0.497 e. The van der Waals surface area contributed by atoms with Gasteiger partial charge in [0.15, 0.2) is 0 Å². The number of carbonyl (C=O) groups excluding carboxylic acids is 1. The van der Waals surface area contributed by atoms with Crippen LogP contribution in [0.3, 0.4) is 0 Å². The van der Waals surface area contributed by atoms with E-state index in [1.54, 1.807) is 19.2 Å². The molecule has 1 aliphatic carbocycles. The first-order valence-electron chi connectivity index (χ1n) is 7.86. The van der Waals surface area contributed by atoms with Crippen LogP contribution in [0, 0.1) is 5.82 Å². The fourth-order valence-electron chi connectivity index (χ4n) is 3.36. The maximum Gasteiger partial charge on any atom is 0.235 e. The molecule has 120 valence electrons. The van der Waals surface area contributed by atoms with Crippen LogP contribution < -0.4 is 10.1 Å². The van der Waals surface area contributed by atoms with Crippen molar-refractivity contribution in [2.24, 2.45) is 0 Å². The summed E-state index contributed by atoms with van der Waals surface area (Å²) in [5.74, 6) is 0.311. The second-order valence-corrected chi connectivity index (χ2v) is 5.99. The molecule has 2 aromatic carbocycles. The van der Waals surface area contributed by atoms with Crippen LogP contribution in [0.2, 0.25) is 0 Å². The van der Waals surface area contributed by atoms with E-state index in [1.807, 2.05) is 24.3 Å². The summed E-state index contributed by atoms with van der Waals surface area (Å²) in [6.45, 7) is 0. The third-order valence-electron chi connectivity index (χ3n) is 4.60. The van der Waals surface area contributed by atoms with Crippen LogP contribution in [0.25, 0.3) is 0 Å². The van der Waals surface area contributed by atoms with Crippen molar-refractivity contribution in [3.8, 4) is 5.75 Å². The van der Waals surface area contributed by atoms with Crippen LogP contribution in [0.5, 0.6) is 5.75 Å². The van der Waals surface area contributed by atoms with Gasteiger partial charge in [0.05, 0.1) is 12.5 Å². The fraction of sp³-hybridized carbons (Fsp3) is 0.316. The van der Waals surface area contributed by atoms with Crippen LogP contribution >= 0.6 is 0 Å². The van der Waals surface area contributed by atoms with Gasteiger partial charge in [0.25, 0.3) is 0 Å². The van der Waals surface area contributed by atoms with E-state index in [-0.39, 0.29) is 11.7 Å². The number of nitrogens with one attached hydrogen (secondary N) is 1. The molecule has 1 aliphatic rings. The van der Waals surface area contributed by atoms with E-state index in [2.05, 4.69) is 5.32 Å². The van der Waals surface area contributed by atoms with Gasteiger partial charge < -0.3 is 10.1 Å². The van der Waals surface area contributed by atoms with Crippen molar-refractivity contribution in [2.75, 3.05) is 12.4 Å². The third kappa shape index (κ3) is 3.07. The lowest BCUT2D eigenvalue weighted by atomic mass is 9.78. The minimum Gasteiger partial charge on any atom is -0.497 e. The van der Waals surface area contributed by atoms with Crippen molar-refractivity contribution >= 4 is 11.6 Å². The lowest BCUT2D eigenvalue weighted by Gasteiger charge is -2.28. The van der Waals surface area contributed by atoms with E-state index in [4.69, 9.17) is 4.74 Å². The minimum atomic E-state index is -0.648. The highest BCUT2D eigenvalue weighted by Gasteiger charge is 2.42. The summed E-state index contributed by atoms with van der Waals surface area (Å²) in [5, 5.41) is 2.98. The maximum absolute atomic E-state index is 13.6. The predicted molar refractivity (Wildman–Crippen MR) is 88.2 cm³/mol. The van der Waals surface area contributed by atoms with Gasteiger partial charge in [-0.1, -0.05) is 31.0 Å². The van der Waals surface area contributed by atoms with Crippen molar-refractivity contribution in [1.82, 2.24) is 0 Å². The molecule has 3 rings (SSSR count). The van der Waals surface area contributed by atoms with Gasteiger partial charge in [-0.3, -0.25) is 4.79 Å². The molecule has 0 aromatic heterocycles. The Hall–Kier alpha value is -2.36. The third-order valence-corrected chi connectivity index (χ3v) is 4.60. The van der Waals surface area contributed by atoms with E-state index in [0.717, 1.165) is 31.2 Å². The Bertz CT molecular complexity index is 708. The van der Waals surface area contributed by atoms with Crippen LogP contribution in [-0.4, -0.2) is 13.0 Å². The van der Waals surface area contributed by atoms with Gasteiger partial charge in [0.2, 0.25) is 5.91 Å². The number of carbonyl (C=O) groups is 1. The van der Waals surface area contributed by atoms with Crippen molar-refractivity contribution in [3.05, 3.63) is 59.9 Å². The van der Waals surface area contributed by atoms with E-state index < -0.39 is 5.41 Å². The zero-order valence-corrected chi connectivity index (χ0v) is 13.1. The second kappa shape index (κ2) is 6.41. The van der Waals surface area contributed by atoms with E-state index in [9.17, 15) is 9.18 Å². The highest BCUT2D eigenvalue weighted by atomic mass is 19.1. The summed E-state index contributed by atoms with van der Waals surface area (Å²) in [4.78, 5) is 13.0. The summed E-state index contributed by atoms with van der Waals surface area (Å²) in [6, 6.07) is 13.7. The molecule has 0 atom stereocenters. The van der Waals surface area contributed by atoms with Gasteiger partial charge in [-0.25, -0.2) is 4.39 Å². The average Bonchev–Trinajstić information content (AvgIpc) is 3.06. The first-order valence-corrected chi connectivity index (χ1v) is 7.86. The van der Waals surface area contributed by atoms with Gasteiger partial charge >= 0.3 is 0 Å². The number of methoxy groups -OCH3 is 1. The number of rotatable bonds is 4. The fourth-order valence-corrected chi connectivity index (χ4v) is 3.36. The van der Waals surface area contributed by atoms with Crippen molar-refractivity contribution < 1.29 is 13.9 Å². The molecule has 3 nitrogen and oxygen atoms in total. The standard InChI is InChI=1S/C19H20FNO2/c1-23-17-9-5-8-16(13-17)21-18(22)19(10-2-3-11-19)14-6-4-7-15(20)12-14/h4-9,12-13H,2-3,10-11H2,1H3,(H,21,22). The van der Waals surface area contributed by atoms with Crippen LogP contribution in [0.15, 0.2) is 48.5 Å². The molecular weight excluding hydrogens is 293 g/mol. The molecule has 0 aliphatic heterocycles. The predicted octanol–water partition coefficient (Wildman–Crippen LogP) is 4.28. The quantitative estimate of drug-likeness (QED) is 0.914. The molecule has 0 bridgehead atoms. The molecule has 0 saturated heterocycles. The highest BCUT2D eigenvalue weighted by Crippen LogP contribution is 2.42. The van der Waals surface area contributed by atoms with E-state index in [0.29, 0.717) is 11.4 Å². The maximum atomic E-state index is 13.6. The molecule has 2 aromatic rings. The van der Waals surface area contributed by atoms with Crippen molar-refractivity contribution in [3.63, 3.8) is 0 Å². The van der Waals surface area contributed by atoms with Crippen LogP contribution in [0.1, 0.15) is 31.2 Å². The van der Waals surface area contributed by atoms with Crippen LogP contribution in [0.4, 0.5) is 10.1 Å². The number of hydrogen-bond acceptors (Lipinski definition) is 2. The molecular formula is C19H20FNO2. The van der Waals surface area contributed by atoms with Gasteiger partial charge in [-0.05, 0) is 42.7 Å². The smallest absolute Gasteiger partial charge is 0.235 e. The molecule has 0 heterocycles. The Morgan fingerprint density at radius 3 is 2.57 bits per heavy atom. The van der Waals surface area contributed by atoms with Crippen molar-refractivity contribution in [1.29, 1.82) is 0 Å². The summed E-state index contributed by atoms with van der Waals surface area (Å²) in [7, 11) is 1.59. The molecule has 1 amide bonds. The Labute approximate surface area is 135 Å². The summed E-state index contributed by atoms with van der Waals surface area (Å²) in [6.07, 6.45) is 3.43. The molecule has 23 heavy (non-hydrogen) atoms. The number of amides is 1. The van der Waals surface area contributed by atoms with Gasteiger partial charge in [0.1, 0.15) is 11.6 Å². The molecule has 0 unspecified atom stereocenters. The summed E-state index contributed by atoms with van der Waals surface area (Å²) >= 11 is 0. The Balaban J connectivity index is 1.90. The highest BCUT2D eigenvalue weighted by molar-refractivity contribution is 5.99. The summed E-state index contributed by atoms with van der Waals surface area (Å²) < 4.78 is 18.8. The summed E-state index contributed by atoms with van der Waals surface area (Å²) in [5.41, 5.74) is 0.804. The molecule has 0 radical (unpaired) electrons. The van der Waals surface area contributed by atoms with Crippen molar-refractivity contribution in [2.45, 2.75) is 31.1 Å². The first kappa shape index (κ1) is 15.5. The second-order valence-electron chi connectivity index (χ2n) is 5.99. The normalized spacial score (nSPS) is 16.1. The minimum absolute atomic E-state index is 0.0751. The number of hydrogen-bond donors (Lipinski definition) is 1. The lowest BCUT2D eigenvalue weighted by Crippen LogP contribution is -2.38. The zero-order valence-electron chi connectivity index (χ0n) is 13.1. The average molecular weight is 313 g/mol. The monoisotopic (exact) mass is 313 g/mol. The van der Waals surface area contributed by atoms with Gasteiger partial charge in [0, 0.05) is 11.8 Å². The molecule has 1 fully saturated rings. The zero-order chi connectivity index (χ0) is 16.3. The molecule has 4 heteroatoms. The Morgan fingerprint density at radius 1 is 1.13 bits per heavy atom. The van der Waals surface area contributed by atoms with E-state index in [1.165, 1.54) is 12.1 Å². The van der Waals surface area contributed by atoms with Crippen LogP contribution in [-0.2, 0) is 10.2 Å². The molecule has 1 N–H and O–H groups in total. The first-order chi connectivity index (χ1) is 11.1. The number of anilines is 1. The molecule has 1 saturated carbocycles. The molecule has 0 spiro atoms.